The molecular weight excluding hydrogens is 330 g/mol. The second-order valence-electron chi connectivity index (χ2n) is 6.01. The maximum absolute atomic E-state index is 12.5. The van der Waals surface area contributed by atoms with Crippen molar-refractivity contribution in [2.24, 2.45) is 0 Å². The van der Waals surface area contributed by atoms with Crippen LogP contribution in [0.25, 0.3) is 16.9 Å². The van der Waals surface area contributed by atoms with Gasteiger partial charge < -0.3 is 5.32 Å². The summed E-state index contributed by atoms with van der Waals surface area (Å²) in [6.07, 6.45) is 6.37. The summed E-state index contributed by atoms with van der Waals surface area (Å²) in [5.74, 6) is -0.193. The molecule has 1 amide bonds. The lowest BCUT2D eigenvalue weighted by Gasteiger charge is -2.13. The average Bonchev–Trinajstić information content (AvgIpc) is 3.31. The lowest BCUT2D eigenvalue weighted by molar-refractivity contribution is 0.0936. The van der Waals surface area contributed by atoms with E-state index in [4.69, 9.17) is 0 Å². The Bertz CT molecular complexity index is 1020. The molecule has 1 unspecified atom stereocenters. The maximum Gasteiger partial charge on any atom is 0.253 e. The Balaban J connectivity index is 1.53. The van der Waals surface area contributed by atoms with Gasteiger partial charge in [0.2, 0.25) is 0 Å². The average molecular weight is 347 g/mol. The molecule has 0 spiro atoms. The van der Waals surface area contributed by atoms with Gasteiger partial charge in [-0.25, -0.2) is 15.0 Å². The number of nitrogens with zero attached hydrogens (tertiary/aromatic N) is 6. The summed E-state index contributed by atoms with van der Waals surface area (Å²) >= 11 is 0. The van der Waals surface area contributed by atoms with Crippen LogP contribution in [0.1, 0.15) is 17.3 Å². The van der Waals surface area contributed by atoms with Crippen LogP contribution in [0.5, 0.6) is 0 Å². The molecule has 3 aromatic heterocycles. The molecule has 130 valence electrons. The first kappa shape index (κ1) is 15.9. The molecule has 8 heteroatoms. The van der Waals surface area contributed by atoms with Gasteiger partial charge in [-0.05, 0) is 25.1 Å². The first-order chi connectivity index (χ1) is 12.7. The molecule has 0 bridgehead atoms. The van der Waals surface area contributed by atoms with Crippen LogP contribution in [-0.2, 0) is 6.54 Å². The fourth-order valence-corrected chi connectivity index (χ4v) is 2.76. The molecule has 0 aliphatic carbocycles. The maximum atomic E-state index is 12.5. The van der Waals surface area contributed by atoms with Crippen molar-refractivity contribution in [1.29, 1.82) is 0 Å². The third-order valence-corrected chi connectivity index (χ3v) is 3.99. The molecule has 0 aliphatic heterocycles. The van der Waals surface area contributed by atoms with Crippen molar-refractivity contribution in [2.45, 2.75) is 19.5 Å². The van der Waals surface area contributed by atoms with Crippen molar-refractivity contribution in [1.82, 2.24) is 34.6 Å². The monoisotopic (exact) mass is 347 g/mol. The van der Waals surface area contributed by atoms with E-state index in [1.807, 2.05) is 41.8 Å². The highest BCUT2D eigenvalue weighted by Crippen LogP contribution is 2.17. The van der Waals surface area contributed by atoms with Gasteiger partial charge >= 0.3 is 0 Å². The van der Waals surface area contributed by atoms with Gasteiger partial charge in [0.05, 0.1) is 12.1 Å². The number of imidazole rings is 1. The van der Waals surface area contributed by atoms with E-state index in [0.29, 0.717) is 23.3 Å². The highest BCUT2D eigenvalue weighted by molar-refractivity contribution is 5.96. The van der Waals surface area contributed by atoms with Gasteiger partial charge in [0.25, 0.3) is 5.91 Å². The number of rotatable bonds is 5. The third-order valence-electron chi connectivity index (χ3n) is 3.99. The summed E-state index contributed by atoms with van der Waals surface area (Å²) in [6, 6.07) is 11.5. The smallest absolute Gasteiger partial charge is 0.253 e. The first-order valence-electron chi connectivity index (χ1n) is 8.22. The van der Waals surface area contributed by atoms with Crippen molar-refractivity contribution in [2.75, 3.05) is 0 Å². The zero-order valence-electron chi connectivity index (χ0n) is 14.1. The number of hydrogen-bond acceptors (Lipinski definition) is 5. The van der Waals surface area contributed by atoms with E-state index in [1.165, 1.54) is 6.33 Å². The molecule has 0 saturated carbocycles. The molecule has 0 fully saturated rings. The highest BCUT2D eigenvalue weighted by Gasteiger charge is 2.14. The summed E-state index contributed by atoms with van der Waals surface area (Å²) in [5, 5.41) is 6.97. The summed E-state index contributed by atoms with van der Waals surface area (Å²) in [7, 11) is 0. The largest absolute Gasteiger partial charge is 0.348 e. The van der Waals surface area contributed by atoms with E-state index in [-0.39, 0.29) is 11.9 Å². The number of para-hydroxylation sites is 1. The van der Waals surface area contributed by atoms with Crippen LogP contribution in [0.2, 0.25) is 0 Å². The molecule has 4 aromatic rings. The Labute approximate surface area is 149 Å². The third kappa shape index (κ3) is 3.16. The van der Waals surface area contributed by atoms with Crippen LogP contribution < -0.4 is 5.32 Å². The van der Waals surface area contributed by atoms with Crippen molar-refractivity contribution in [3.05, 3.63) is 67.1 Å². The van der Waals surface area contributed by atoms with Crippen LogP contribution in [0.4, 0.5) is 0 Å². The van der Waals surface area contributed by atoms with Crippen LogP contribution >= 0.6 is 0 Å². The van der Waals surface area contributed by atoms with Crippen LogP contribution in [0.3, 0.4) is 0 Å². The fraction of sp³-hybridized carbons (Fsp3) is 0.167. The van der Waals surface area contributed by atoms with Crippen LogP contribution in [-0.4, -0.2) is 41.2 Å². The lowest BCUT2D eigenvalue weighted by Crippen LogP contribution is -2.35. The van der Waals surface area contributed by atoms with Crippen LogP contribution in [0.15, 0.2) is 61.6 Å². The molecule has 1 N–H and O–H groups in total. The molecular formula is C18H17N7O. The second-order valence-corrected chi connectivity index (χ2v) is 6.01. The molecule has 0 radical (unpaired) electrons. The number of carbonyl (C=O) groups excluding carboxylic acids is 1. The van der Waals surface area contributed by atoms with Gasteiger partial charge in [-0.3, -0.25) is 14.0 Å². The van der Waals surface area contributed by atoms with E-state index in [1.54, 1.807) is 29.6 Å². The number of amides is 1. The first-order valence-corrected chi connectivity index (χ1v) is 8.22. The predicted molar refractivity (Wildman–Crippen MR) is 95.8 cm³/mol. The van der Waals surface area contributed by atoms with Gasteiger partial charge in [0.1, 0.15) is 24.5 Å². The number of carbonyl (C=O) groups is 1. The zero-order chi connectivity index (χ0) is 17.9. The second kappa shape index (κ2) is 6.75. The number of pyridine rings is 1. The summed E-state index contributed by atoms with van der Waals surface area (Å²) in [5.41, 5.74) is 2.83. The van der Waals surface area contributed by atoms with Gasteiger partial charge in [0.15, 0.2) is 5.65 Å². The Hall–Kier alpha value is -3.55. The molecule has 4 rings (SSSR count). The molecule has 0 saturated heterocycles. The van der Waals surface area contributed by atoms with Gasteiger partial charge in [-0.15, -0.1) is 0 Å². The number of benzene rings is 1. The van der Waals surface area contributed by atoms with E-state index in [2.05, 4.69) is 25.4 Å². The highest BCUT2D eigenvalue weighted by atomic mass is 16.1. The lowest BCUT2D eigenvalue weighted by atomic mass is 10.2. The fourth-order valence-electron chi connectivity index (χ4n) is 2.76. The number of nitrogens with one attached hydrogen (secondary N) is 1. The Kier molecular flexibility index (Phi) is 4.14. The molecule has 26 heavy (non-hydrogen) atoms. The molecule has 3 heterocycles. The topological polar surface area (TPSA) is 90.5 Å². The number of aromatic nitrogens is 6. The molecule has 0 aliphatic rings. The summed E-state index contributed by atoms with van der Waals surface area (Å²) < 4.78 is 3.57. The Morgan fingerprint density at radius 1 is 1.19 bits per heavy atom. The van der Waals surface area contributed by atoms with E-state index < -0.39 is 0 Å². The molecule has 1 aromatic carbocycles. The SMILES string of the molecule is CC(Cn1cncn1)NC(=O)c1cnc2c(c1)ncn2-c1ccccc1. The van der Waals surface area contributed by atoms with E-state index in [0.717, 1.165) is 5.69 Å². The van der Waals surface area contributed by atoms with Gasteiger partial charge in [-0.1, -0.05) is 18.2 Å². The van der Waals surface area contributed by atoms with Gasteiger partial charge in [0, 0.05) is 17.9 Å². The summed E-state index contributed by atoms with van der Waals surface area (Å²) in [6.45, 7) is 2.46. The summed E-state index contributed by atoms with van der Waals surface area (Å²) in [4.78, 5) is 25.2. The zero-order valence-corrected chi connectivity index (χ0v) is 14.1. The van der Waals surface area contributed by atoms with E-state index >= 15 is 0 Å². The minimum absolute atomic E-state index is 0.0956. The minimum atomic E-state index is -0.193. The quantitative estimate of drug-likeness (QED) is 0.595. The Morgan fingerprint density at radius 2 is 2.04 bits per heavy atom. The van der Waals surface area contributed by atoms with Gasteiger partial charge in [-0.2, -0.15) is 5.10 Å². The normalized spacial score (nSPS) is 12.2. The molecule has 1 atom stereocenters. The van der Waals surface area contributed by atoms with Crippen molar-refractivity contribution in [3.63, 3.8) is 0 Å². The van der Waals surface area contributed by atoms with E-state index in [9.17, 15) is 4.79 Å². The van der Waals surface area contributed by atoms with Crippen molar-refractivity contribution >= 4 is 17.1 Å². The molecule has 8 nitrogen and oxygen atoms in total. The number of hydrogen-bond donors (Lipinski definition) is 1. The predicted octanol–water partition coefficient (Wildman–Crippen LogP) is 1.83. The number of fused-ring (bicyclic) bond motifs is 1. The Morgan fingerprint density at radius 3 is 2.81 bits per heavy atom. The van der Waals surface area contributed by atoms with Crippen LogP contribution in [0, 0.1) is 0 Å². The standard InChI is InChI=1S/C18H17N7O/c1-13(9-24-11-19-10-22-24)23-18(26)14-7-16-17(20-8-14)25(12-21-16)15-5-3-2-4-6-15/h2-8,10-13H,9H2,1H3,(H,23,26). The van der Waals surface area contributed by atoms with Crippen molar-refractivity contribution in [3.8, 4) is 5.69 Å². The minimum Gasteiger partial charge on any atom is -0.348 e. The van der Waals surface area contributed by atoms with Crippen molar-refractivity contribution < 1.29 is 4.79 Å².